The quantitative estimate of drug-likeness (QED) is 0.629. The van der Waals surface area contributed by atoms with E-state index in [2.05, 4.69) is 9.98 Å². The Morgan fingerprint density at radius 2 is 2.45 bits per heavy atom. The van der Waals surface area contributed by atoms with E-state index in [4.69, 9.17) is 0 Å². The Hall–Kier alpha value is -1.03. The van der Waals surface area contributed by atoms with Crippen LogP contribution in [-0.4, -0.2) is 17.0 Å². The predicted molar refractivity (Wildman–Crippen MR) is 45.9 cm³/mol. The Morgan fingerprint density at radius 1 is 1.55 bits per heavy atom. The number of aromatic amines is 1. The summed E-state index contributed by atoms with van der Waals surface area (Å²) in [6, 6.07) is 3.22. The number of thioether (sulfide) groups is 1. The molecule has 4 heteroatoms. The largest absolute Gasteiger partial charge is 0.315 e. The van der Waals surface area contributed by atoms with Gasteiger partial charge in [-0.1, -0.05) is 0 Å². The van der Waals surface area contributed by atoms with Crippen LogP contribution in [0.1, 0.15) is 0 Å². The van der Waals surface area contributed by atoms with Crippen LogP contribution < -0.4 is 5.56 Å². The van der Waals surface area contributed by atoms with Crippen LogP contribution in [0.25, 0.3) is 0 Å². The van der Waals surface area contributed by atoms with E-state index in [-0.39, 0.29) is 5.56 Å². The fourth-order valence-corrected chi connectivity index (χ4v) is 1.67. The molecule has 1 aromatic heterocycles. The number of aliphatic imine (C=N–C) groups is 1. The van der Waals surface area contributed by atoms with E-state index in [1.165, 1.54) is 6.07 Å². The lowest BCUT2D eigenvalue weighted by Gasteiger charge is -2.06. The second-order valence-corrected chi connectivity index (χ2v) is 3.19. The van der Waals surface area contributed by atoms with E-state index in [0.29, 0.717) is 0 Å². The molecule has 1 aliphatic heterocycles. The fourth-order valence-electron chi connectivity index (χ4n) is 0.916. The van der Waals surface area contributed by atoms with E-state index in [9.17, 15) is 4.79 Å². The number of fused-ring (bicyclic) bond motifs is 1. The SMILES string of the molecule is O=c1ccc2c([nH]1)SCC=N2. The molecule has 1 aromatic rings. The van der Waals surface area contributed by atoms with Crippen molar-refractivity contribution in [3.05, 3.63) is 22.5 Å². The molecular weight excluding hydrogens is 160 g/mol. The molecule has 56 valence electrons. The van der Waals surface area contributed by atoms with Gasteiger partial charge in [-0.2, -0.15) is 0 Å². The Labute approximate surface area is 67.6 Å². The number of pyridine rings is 1. The smallest absolute Gasteiger partial charge is 0.248 e. The highest BCUT2D eigenvalue weighted by Crippen LogP contribution is 2.27. The third-order valence-electron chi connectivity index (χ3n) is 1.39. The van der Waals surface area contributed by atoms with Crippen molar-refractivity contribution in [1.29, 1.82) is 0 Å². The molecule has 2 heterocycles. The highest BCUT2D eigenvalue weighted by molar-refractivity contribution is 8.00. The van der Waals surface area contributed by atoms with Gasteiger partial charge >= 0.3 is 0 Å². The molecular formula is C7H6N2OS. The van der Waals surface area contributed by atoms with Crippen LogP contribution in [0.5, 0.6) is 0 Å². The van der Waals surface area contributed by atoms with E-state index in [0.717, 1.165) is 16.5 Å². The van der Waals surface area contributed by atoms with E-state index < -0.39 is 0 Å². The maximum absolute atomic E-state index is 10.8. The normalized spacial score (nSPS) is 14.5. The summed E-state index contributed by atoms with van der Waals surface area (Å²) in [6.45, 7) is 0. The summed E-state index contributed by atoms with van der Waals surface area (Å²) in [5.74, 6) is 0.840. The van der Waals surface area contributed by atoms with Crippen molar-refractivity contribution in [2.75, 3.05) is 5.75 Å². The maximum Gasteiger partial charge on any atom is 0.248 e. The molecule has 0 radical (unpaired) electrons. The van der Waals surface area contributed by atoms with Gasteiger partial charge < -0.3 is 4.98 Å². The van der Waals surface area contributed by atoms with Gasteiger partial charge in [0.05, 0.1) is 5.69 Å². The number of hydrogen-bond acceptors (Lipinski definition) is 3. The van der Waals surface area contributed by atoms with Crippen LogP contribution in [0.3, 0.4) is 0 Å². The van der Waals surface area contributed by atoms with Gasteiger partial charge in [-0.05, 0) is 6.07 Å². The van der Waals surface area contributed by atoms with Crippen LogP contribution in [0.15, 0.2) is 26.9 Å². The van der Waals surface area contributed by atoms with Crippen LogP contribution in [0.2, 0.25) is 0 Å². The van der Waals surface area contributed by atoms with Crippen molar-refractivity contribution in [3.63, 3.8) is 0 Å². The van der Waals surface area contributed by atoms with Crippen LogP contribution in [0.4, 0.5) is 5.69 Å². The molecule has 3 nitrogen and oxygen atoms in total. The molecule has 0 saturated carbocycles. The zero-order valence-corrected chi connectivity index (χ0v) is 6.52. The topological polar surface area (TPSA) is 45.2 Å². The first-order chi connectivity index (χ1) is 5.36. The van der Waals surface area contributed by atoms with Crippen LogP contribution in [0, 0.1) is 0 Å². The summed E-state index contributed by atoms with van der Waals surface area (Å²) in [7, 11) is 0. The standard InChI is InChI=1S/C7H6N2OS/c10-6-2-1-5-7(9-6)11-4-3-8-5/h1-3H,4H2,(H,9,10). The lowest BCUT2D eigenvalue weighted by Crippen LogP contribution is -2.05. The average Bonchev–Trinajstić information content (AvgIpc) is 2.04. The Balaban J connectivity index is 2.62. The van der Waals surface area contributed by atoms with Gasteiger partial charge in [0.15, 0.2) is 0 Å². The van der Waals surface area contributed by atoms with Gasteiger partial charge in [0.2, 0.25) is 5.56 Å². The minimum Gasteiger partial charge on any atom is -0.315 e. The first kappa shape index (κ1) is 6.67. The molecule has 1 N–H and O–H groups in total. The maximum atomic E-state index is 10.8. The van der Waals surface area contributed by atoms with Crippen molar-refractivity contribution in [3.8, 4) is 0 Å². The second-order valence-electron chi connectivity index (χ2n) is 2.16. The zero-order chi connectivity index (χ0) is 7.68. The molecule has 0 fully saturated rings. The van der Waals surface area contributed by atoms with E-state index in [1.54, 1.807) is 17.8 Å². The summed E-state index contributed by atoms with van der Waals surface area (Å²) in [4.78, 5) is 17.7. The van der Waals surface area contributed by atoms with Gasteiger partial charge in [-0.25, -0.2) is 0 Å². The van der Waals surface area contributed by atoms with E-state index in [1.807, 2.05) is 6.21 Å². The van der Waals surface area contributed by atoms with Crippen molar-refractivity contribution in [2.24, 2.45) is 4.99 Å². The molecule has 0 aromatic carbocycles. The van der Waals surface area contributed by atoms with Gasteiger partial charge in [0.25, 0.3) is 0 Å². The van der Waals surface area contributed by atoms with Crippen molar-refractivity contribution in [1.82, 2.24) is 4.98 Å². The van der Waals surface area contributed by atoms with Gasteiger partial charge in [-0.15, -0.1) is 11.8 Å². The first-order valence-electron chi connectivity index (χ1n) is 3.25. The monoisotopic (exact) mass is 166 g/mol. The molecule has 0 amide bonds. The highest BCUT2D eigenvalue weighted by atomic mass is 32.2. The van der Waals surface area contributed by atoms with Crippen LogP contribution in [-0.2, 0) is 0 Å². The van der Waals surface area contributed by atoms with Gasteiger partial charge in [0.1, 0.15) is 5.03 Å². The summed E-state index contributed by atoms with van der Waals surface area (Å²) in [5, 5.41) is 0.875. The number of rotatable bonds is 0. The predicted octanol–water partition coefficient (Wildman–Crippen LogP) is 1.18. The number of nitrogens with one attached hydrogen (secondary N) is 1. The third-order valence-corrected chi connectivity index (χ3v) is 2.31. The van der Waals surface area contributed by atoms with Crippen LogP contribution >= 0.6 is 11.8 Å². The minimum atomic E-state index is -0.0617. The Kier molecular flexibility index (Phi) is 1.54. The lowest BCUT2D eigenvalue weighted by molar-refractivity contribution is 1.07. The molecule has 0 unspecified atom stereocenters. The summed E-state index contributed by atoms with van der Waals surface area (Å²) in [5.41, 5.74) is 0.800. The number of H-pyrrole nitrogens is 1. The molecule has 0 spiro atoms. The third kappa shape index (κ3) is 1.21. The lowest BCUT2D eigenvalue weighted by atomic mass is 10.4. The zero-order valence-electron chi connectivity index (χ0n) is 5.70. The van der Waals surface area contributed by atoms with Gasteiger partial charge in [-0.3, -0.25) is 9.79 Å². The number of hydrogen-bond donors (Lipinski definition) is 1. The molecule has 0 bridgehead atoms. The average molecular weight is 166 g/mol. The van der Waals surface area contributed by atoms with Crippen molar-refractivity contribution < 1.29 is 0 Å². The summed E-state index contributed by atoms with van der Waals surface area (Å²) >= 11 is 1.60. The summed E-state index contributed by atoms with van der Waals surface area (Å²) in [6.07, 6.45) is 1.84. The second kappa shape index (κ2) is 2.54. The number of nitrogens with zero attached hydrogens (tertiary/aromatic N) is 1. The Bertz CT molecular complexity index is 356. The van der Waals surface area contributed by atoms with Gasteiger partial charge in [0, 0.05) is 18.0 Å². The van der Waals surface area contributed by atoms with E-state index >= 15 is 0 Å². The molecule has 0 aliphatic carbocycles. The molecule has 0 atom stereocenters. The highest BCUT2D eigenvalue weighted by Gasteiger charge is 2.05. The first-order valence-corrected chi connectivity index (χ1v) is 4.23. The Morgan fingerprint density at radius 3 is 3.36 bits per heavy atom. The molecule has 1 aliphatic rings. The fraction of sp³-hybridized carbons (Fsp3) is 0.143. The summed E-state index contributed by atoms with van der Waals surface area (Å²) < 4.78 is 0. The number of aromatic nitrogens is 1. The molecule has 2 rings (SSSR count). The molecule has 0 saturated heterocycles. The van der Waals surface area contributed by atoms with Crippen molar-refractivity contribution in [2.45, 2.75) is 5.03 Å². The molecule has 11 heavy (non-hydrogen) atoms. The minimum absolute atomic E-state index is 0.0617. The van der Waals surface area contributed by atoms with Crippen molar-refractivity contribution >= 4 is 23.7 Å².